The van der Waals surface area contributed by atoms with Crippen molar-refractivity contribution in [3.8, 4) is 11.4 Å². The maximum Gasteiger partial charge on any atom is 0.227 e. The predicted molar refractivity (Wildman–Crippen MR) is 78.6 cm³/mol. The molecule has 20 heavy (non-hydrogen) atoms. The minimum atomic E-state index is 0.540. The zero-order valence-corrected chi connectivity index (χ0v) is 11.5. The second-order valence-corrected chi connectivity index (χ2v) is 4.88. The number of aryl methyl sites for hydroxylation is 2. The molecule has 0 N–H and O–H groups in total. The average Bonchev–Trinajstić information content (AvgIpc) is 2.95. The Labute approximate surface area is 122 Å². The minimum absolute atomic E-state index is 0.540. The van der Waals surface area contributed by atoms with Gasteiger partial charge in [0.2, 0.25) is 11.7 Å². The third-order valence-electron chi connectivity index (χ3n) is 3.05. The highest BCUT2D eigenvalue weighted by molar-refractivity contribution is 6.33. The molecule has 0 amide bonds. The molecule has 3 aromatic rings. The lowest BCUT2D eigenvalue weighted by atomic mass is 10.1. The van der Waals surface area contributed by atoms with Crippen molar-refractivity contribution in [2.75, 3.05) is 0 Å². The van der Waals surface area contributed by atoms with Crippen LogP contribution in [0.15, 0.2) is 59.1 Å². The van der Waals surface area contributed by atoms with Crippen molar-refractivity contribution in [2.45, 2.75) is 12.8 Å². The number of benzene rings is 2. The molecule has 0 fully saturated rings. The highest BCUT2D eigenvalue weighted by atomic mass is 35.5. The SMILES string of the molecule is Clc1ccccc1-c1noc(CCc2ccccc2)n1. The van der Waals surface area contributed by atoms with E-state index in [1.165, 1.54) is 5.56 Å². The zero-order chi connectivity index (χ0) is 13.8. The maximum absolute atomic E-state index is 6.12. The Kier molecular flexibility index (Phi) is 3.79. The molecule has 2 aromatic carbocycles. The van der Waals surface area contributed by atoms with Gasteiger partial charge in [-0.3, -0.25) is 0 Å². The number of aromatic nitrogens is 2. The molecule has 0 spiro atoms. The lowest BCUT2D eigenvalue weighted by Gasteiger charge is -1.97. The van der Waals surface area contributed by atoms with Crippen molar-refractivity contribution in [2.24, 2.45) is 0 Å². The summed E-state index contributed by atoms with van der Waals surface area (Å²) in [4.78, 5) is 4.39. The first-order valence-electron chi connectivity index (χ1n) is 6.44. The summed E-state index contributed by atoms with van der Waals surface area (Å²) in [6, 6.07) is 17.7. The molecule has 0 aliphatic carbocycles. The quantitative estimate of drug-likeness (QED) is 0.721. The summed E-state index contributed by atoms with van der Waals surface area (Å²) >= 11 is 6.12. The lowest BCUT2D eigenvalue weighted by Crippen LogP contribution is -1.91. The van der Waals surface area contributed by atoms with Crippen LogP contribution in [0, 0.1) is 0 Å². The van der Waals surface area contributed by atoms with Crippen molar-refractivity contribution >= 4 is 11.6 Å². The molecule has 0 bridgehead atoms. The van der Waals surface area contributed by atoms with E-state index in [1.54, 1.807) is 0 Å². The Morgan fingerprint density at radius 3 is 2.45 bits per heavy atom. The third kappa shape index (κ3) is 2.89. The molecule has 0 radical (unpaired) electrons. The predicted octanol–water partition coefficient (Wildman–Crippen LogP) is 4.18. The van der Waals surface area contributed by atoms with Gasteiger partial charge < -0.3 is 4.52 Å². The topological polar surface area (TPSA) is 38.9 Å². The Balaban J connectivity index is 1.73. The number of halogens is 1. The fraction of sp³-hybridized carbons (Fsp3) is 0.125. The molecule has 0 unspecified atom stereocenters. The average molecular weight is 285 g/mol. The van der Waals surface area contributed by atoms with E-state index in [9.17, 15) is 0 Å². The van der Waals surface area contributed by atoms with E-state index in [4.69, 9.17) is 16.1 Å². The molecule has 0 saturated carbocycles. The monoisotopic (exact) mass is 284 g/mol. The van der Waals surface area contributed by atoms with Gasteiger partial charge in [0.25, 0.3) is 0 Å². The Morgan fingerprint density at radius 2 is 1.65 bits per heavy atom. The van der Waals surface area contributed by atoms with Crippen molar-refractivity contribution in [1.29, 1.82) is 0 Å². The molecule has 100 valence electrons. The van der Waals surface area contributed by atoms with Crippen LogP contribution in [-0.2, 0) is 12.8 Å². The van der Waals surface area contributed by atoms with Crippen molar-refractivity contribution in [3.05, 3.63) is 71.1 Å². The minimum Gasteiger partial charge on any atom is -0.339 e. The van der Waals surface area contributed by atoms with E-state index in [0.717, 1.165) is 18.4 Å². The smallest absolute Gasteiger partial charge is 0.227 e. The molecular formula is C16H13ClN2O. The first-order valence-corrected chi connectivity index (χ1v) is 6.82. The van der Waals surface area contributed by atoms with Gasteiger partial charge >= 0.3 is 0 Å². The normalized spacial score (nSPS) is 10.7. The van der Waals surface area contributed by atoms with E-state index in [1.807, 2.05) is 42.5 Å². The van der Waals surface area contributed by atoms with Gasteiger partial charge in [-0.15, -0.1) is 0 Å². The Morgan fingerprint density at radius 1 is 0.900 bits per heavy atom. The van der Waals surface area contributed by atoms with Crippen LogP contribution in [0.2, 0.25) is 5.02 Å². The highest BCUT2D eigenvalue weighted by Gasteiger charge is 2.11. The molecule has 4 heteroatoms. The Hall–Kier alpha value is -2.13. The fourth-order valence-electron chi connectivity index (χ4n) is 2.00. The van der Waals surface area contributed by atoms with Gasteiger partial charge in [-0.25, -0.2) is 0 Å². The van der Waals surface area contributed by atoms with Gasteiger partial charge in [0.05, 0.1) is 5.02 Å². The summed E-state index contributed by atoms with van der Waals surface area (Å²) in [6.45, 7) is 0. The van der Waals surface area contributed by atoms with Crippen LogP contribution in [0.3, 0.4) is 0 Å². The first-order chi connectivity index (χ1) is 9.83. The van der Waals surface area contributed by atoms with E-state index in [2.05, 4.69) is 22.3 Å². The third-order valence-corrected chi connectivity index (χ3v) is 3.38. The van der Waals surface area contributed by atoms with Crippen molar-refractivity contribution in [3.63, 3.8) is 0 Å². The summed E-state index contributed by atoms with van der Waals surface area (Å²) < 4.78 is 5.28. The van der Waals surface area contributed by atoms with Crippen molar-refractivity contribution in [1.82, 2.24) is 10.1 Å². The van der Waals surface area contributed by atoms with Crippen LogP contribution >= 0.6 is 11.6 Å². The van der Waals surface area contributed by atoms with Crippen LogP contribution in [0.5, 0.6) is 0 Å². The number of hydrogen-bond donors (Lipinski definition) is 0. The molecule has 3 nitrogen and oxygen atoms in total. The van der Waals surface area contributed by atoms with Gasteiger partial charge in [0.15, 0.2) is 0 Å². The number of hydrogen-bond acceptors (Lipinski definition) is 3. The summed E-state index contributed by atoms with van der Waals surface area (Å²) in [5.41, 5.74) is 2.05. The number of rotatable bonds is 4. The van der Waals surface area contributed by atoms with E-state index in [0.29, 0.717) is 16.7 Å². The van der Waals surface area contributed by atoms with Crippen LogP contribution in [0.4, 0.5) is 0 Å². The van der Waals surface area contributed by atoms with Gasteiger partial charge in [-0.05, 0) is 24.1 Å². The summed E-state index contributed by atoms with van der Waals surface area (Å²) in [5, 5.41) is 4.62. The molecule has 1 heterocycles. The molecule has 0 aliphatic heterocycles. The summed E-state index contributed by atoms with van der Waals surface area (Å²) in [7, 11) is 0. The molecule has 0 aliphatic rings. The highest BCUT2D eigenvalue weighted by Crippen LogP contribution is 2.25. The molecule has 0 atom stereocenters. The van der Waals surface area contributed by atoms with Gasteiger partial charge in [-0.2, -0.15) is 4.98 Å². The molecule has 1 aromatic heterocycles. The van der Waals surface area contributed by atoms with Crippen LogP contribution in [0.1, 0.15) is 11.5 Å². The van der Waals surface area contributed by atoms with Gasteiger partial charge in [0, 0.05) is 12.0 Å². The molecule has 3 rings (SSSR count). The molecule has 0 saturated heterocycles. The maximum atomic E-state index is 6.12. The summed E-state index contributed by atoms with van der Waals surface area (Å²) in [6.07, 6.45) is 1.60. The van der Waals surface area contributed by atoms with Gasteiger partial charge in [0.1, 0.15) is 0 Å². The van der Waals surface area contributed by atoms with E-state index >= 15 is 0 Å². The second kappa shape index (κ2) is 5.88. The second-order valence-electron chi connectivity index (χ2n) is 4.48. The van der Waals surface area contributed by atoms with Crippen LogP contribution < -0.4 is 0 Å². The zero-order valence-electron chi connectivity index (χ0n) is 10.8. The number of nitrogens with zero attached hydrogens (tertiary/aromatic N) is 2. The van der Waals surface area contributed by atoms with Crippen LogP contribution in [-0.4, -0.2) is 10.1 Å². The largest absolute Gasteiger partial charge is 0.339 e. The standard InChI is InChI=1S/C16H13ClN2O/c17-14-9-5-4-8-13(14)16-18-15(20-19-16)11-10-12-6-2-1-3-7-12/h1-9H,10-11H2. The van der Waals surface area contributed by atoms with E-state index < -0.39 is 0 Å². The Bertz CT molecular complexity index is 694. The van der Waals surface area contributed by atoms with E-state index in [-0.39, 0.29) is 0 Å². The fourth-order valence-corrected chi connectivity index (χ4v) is 2.22. The first kappa shape index (κ1) is 12.9. The summed E-state index contributed by atoms with van der Waals surface area (Å²) in [5.74, 6) is 1.17. The van der Waals surface area contributed by atoms with Gasteiger partial charge in [-0.1, -0.05) is 59.2 Å². The lowest BCUT2D eigenvalue weighted by molar-refractivity contribution is 0.379. The van der Waals surface area contributed by atoms with Crippen LogP contribution in [0.25, 0.3) is 11.4 Å². The van der Waals surface area contributed by atoms with Crippen molar-refractivity contribution < 1.29 is 4.52 Å². The molecular weight excluding hydrogens is 272 g/mol.